The normalized spacial score (nSPS) is 9.61. The SMILES string of the molecule is O=C(NNc1ccccc1)Nc1ccc(F)cc1. The molecule has 3 N–H and O–H groups in total. The largest absolute Gasteiger partial charge is 0.337 e. The van der Waals surface area contributed by atoms with Crippen molar-refractivity contribution in [3.8, 4) is 0 Å². The molecule has 4 nitrogen and oxygen atoms in total. The molecule has 0 radical (unpaired) electrons. The molecule has 0 heterocycles. The predicted octanol–water partition coefficient (Wildman–Crippen LogP) is 2.97. The molecule has 0 saturated carbocycles. The molecule has 0 aliphatic rings. The fourth-order valence-electron chi connectivity index (χ4n) is 1.35. The van der Waals surface area contributed by atoms with Crippen molar-refractivity contribution >= 4 is 17.4 Å². The summed E-state index contributed by atoms with van der Waals surface area (Å²) in [7, 11) is 0. The minimum absolute atomic E-state index is 0.344. The second kappa shape index (κ2) is 5.67. The first-order valence-corrected chi connectivity index (χ1v) is 5.38. The molecule has 0 unspecified atom stereocenters. The van der Waals surface area contributed by atoms with Crippen LogP contribution in [0.2, 0.25) is 0 Å². The molecule has 2 rings (SSSR count). The van der Waals surface area contributed by atoms with Crippen molar-refractivity contribution in [1.82, 2.24) is 5.43 Å². The summed E-state index contributed by atoms with van der Waals surface area (Å²) in [5, 5.41) is 2.56. The van der Waals surface area contributed by atoms with Crippen LogP contribution in [-0.2, 0) is 0 Å². The highest BCUT2D eigenvalue weighted by molar-refractivity contribution is 5.89. The molecular formula is C13H12FN3O. The Kier molecular flexibility index (Phi) is 3.76. The molecule has 0 bridgehead atoms. The molecule has 92 valence electrons. The molecule has 0 aliphatic heterocycles. The summed E-state index contributed by atoms with van der Waals surface area (Å²) in [6.45, 7) is 0. The Hall–Kier alpha value is -2.56. The number of hydrogen-bond acceptors (Lipinski definition) is 2. The summed E-state index contributed by atoms with van der Waals surface area (Å²) in [6, 6.07) is 14.3. The van der Waals surface area contributed by atoms with Crippen molar-refractivity contribution in [1.29, 1.82) is 0 Å². The van der Waals surface area contributed by atoms with E-state index in [4.69, 9.17) is 0 Å². The maximum Gasteiger partial charge on any atom is 0.337 e. The lowest BCUT2D eigenvalue weighted by atomic mass is 10.3. The number of urea groups is 1. The Morgan fingerprint density at radius 3 is 2.22 bits per heavy atom. The number of hydrogen-bond donors (Lipinski definition) is 3. The van der Waals surface area contributed by atoms with E-state index in [0.717, 1.165) is 5.69 Å². The zero-order chi connectivity index (χ0) is 12.8. The van der Waals surface area contributed by atoms with Crippen LogP contribution in [0.15, 0.2) is 54.6 Å². The van der Waals surface area contributed by atoms with Crippen molar-refractivity contribution in [2.45, 2.75) is 0 Å². The molecule has 0 saturated heterocycles. The Bertz CT molecular complexity index is 514. The molecule has 0 fully saturated rings. The number of anilines is 2. The number of nitrogens with one attached hydrogen (secondary N) is 3. The van der Waals surface area contributed by atoms with E-state index in [9.17, 15) is 9.18 Å². The van der Waals surface area contributed by atoms with Crippen molar-refractivity contribution in [3.63, 3.8) is 0 Å². The van der Waals surface area contributed by atoms with Gasteiger partial charge in [-0.05, 0) is 36.4 Å². The van der Waals surface area contributed by atoms with Crippen LogP contribution in [0.3, 0.4) is 0 Å². The second-order valence-electron chi connectivity index (χ2n) is 3.58. The zero-order valence-corrected chi connectivity index (χ0v) is 9.48. The van der Waals surface area contributed by atoms with Crippen molar-refractivity contribution < 1.29 is 9.18 Å². The topological polar surface area (TPSA) is 53.2 Å². The molecule has 0 aromatic heterocycles. The summed E-state index contributed by atoms with van der Waals surface area (Å²) in [6.07, 6.45) is 0. The van der Waals surface area contributed by atoms with Gasteiger partial charge in [-0.2, -0.15) is 0 Å². The fourth-order valence-corrected chi connectivity index (χ4v) is 1.35. The number of amides is 2. The highest BCUT2D eigenvalue weighted by Crippen LogP contribution is 2.08. The third-order valence-electron chi connectivity index (χ3n) is 2.20. The van der Waals surface area contributed by atoms with Gasteiger partial charge in [0.2, 0.25) is 0 Å². The molecule has 5 heteroatoms. The van der Waals surface area contributed by atoms with Gasteiger partial charge in [0.05, 0.1) is 5.69 Å². The first-order valence-electron chi connectivity index (χ1n) is 5.38. The molecule has 18 heavy (non-hydrogen) atoms. The monoisotopic (exact) mass is 245 g/mol. The number of rotatable bonds is 3. The van der Waals surface area contributed by atoms with Gasteiger partial charge in [-0.25, -0.2) is 9.18 Å². The molecule has 2 aromatic rings. The van der Waals surface area contributed by atoms with E-state index in [-0.39, 0.29) is 5.82 Å². The van der Waals surface area contributed by atoms with E-state index < -0.39 is 6.03 Å². The summed E-state index contributed by atoms with van der Waals surface area (Å²) in [5.74, 6) is -0.344. The number of benzene rings is 2. The van der Waals surface area contributed by atoms with Crippen LogP contribution in [0.25, 0.3) is 0 Å². The lowest BCUT2D eigenvalue weighted by molar-refractivity contribution is 0.254. The minimum atomic E-state index is -0.425. The molecular weight excluding hydrogens is 233 g/mol. The van der Waals surface area contributed by atoms with Crippen molar-refractivity contribution in [3.05, 3.63) is 60.4 Å². The number of para-hydroxylation sites is 1. The van der Waals surface area contributed by atoms with Gasteiger partial charge in [-0.15, -0.1) is 0 Å². The van der Waals surface area contributed by atoms with Gasteiger partial charge >= 0.3 is 6.03 Å². The Labute approximate surface area is 104 Å². The minimum Gasteiger partial charge on any atom is -0.307 e. The van der Waals surface area contributed by atoms with E-state index in [2.05, 4.69) is 16.2 Å². The summed E-state index contributed by atoms with van der Waals surface area (Å²) < 4.78 is 12.7. The Balaban J connectivity index is 1.84. The van der Waals surface area contributed by atoms with Crippen molar-refractivity contribution in [2.75, 3.05) is 10.7 Å². The van der Waals surface area contributed by atoms with Gasteiger partial charge in [0.25, 0.3) is 0 Å². The van der Waals surface area contributed by atoms with Crippen LogP contribution in [0.4, 0.5) is 20.6 Å². The van der Waals surface area contributed by atoms with Gasteiger partial charge in [0, 0.05) is 5.69 Å². The number of carbonyl (C=O) groups excluding carboxylic acids is 1. The zero-order valence-electron chi connectivity index (χ0n) is 9.48. The van der Waals surface area contributed by atoms with Crippen LogP contribution in [0.1, 0.15) is 0 Å². The number of halogens is 1. The summed E-state index contributed by atoms with van der Waals surface area (Å²) in [4.78, 5) is 11.5. The van der Waals surface area contributed by atoms with Gasteiger partial charge in [0.1, 0.15) is 5.82 Å². The van der Waals surface area contributed by atoms with E-state index in [0.29, 0.717) is 5.69 Å². The molecule has 2 amide bonds. The smallest absolute Gasteiger partial charge is 0.307 e. The first kappa shape index (κ1) is 11.9. The maximum absolute atomic E-state index is 12.7. The van der Waals surface area contributed by atoms with Crippen LogP contribution in [0, 0.1) is 5.82 Å². The lowest BCUT2D eigenvalue weighted by Gasteiger charge is -2.09. The van der Waals surface area contributed by atoms with Crippen LogP contribution >= 0.6 is 0 Å². The average molecular weight is 245 g/mol. The molecule has 0 spiro atoms. The Morgan fingerprint density at radius 1 is 0.889 bits per heavy atom. The summed E-state index contributed by atoms with van der Waals surface area (Å²) in [5.41, 5.74) is 6.50. The van der Waals surface area contributed by atoms with Gasteiger partial charge in [-0.3, -0.25) is 10.9 Å². The highest BCUT2D eigenvalue weighted by atomic mass is 19.1. The second-order valence-corrected chi connectivity index (χ2v) is 3.58. The maximum atomic E-state index is 12.7. The van der Waals surface area contributed by atoms with E-state index in [1.54, 1.807) is 0 Å². The lowest BCUT2D eigenvalue weighted by Crippen LogP contribution is -2.33. The molecule has 0 aliphatic carbocycles. The average Bonchev–Trinajstić information content (AvgIpc) is 2.40. The third-order valence-corrected chi connectivity index (χ3v) is 2.20. The van der Waals surface area contributed by atoms with E-state index >= 15 is 0 Å². The third kappa shape index (κ3) is 3.48. The predicted molar refractivity (Wildman–Crippen MR) is 68.6 cm³/mol. The van der Waals surface area contributed by atoms with Gasteiger partial charge < -0.3 is 5.32 Å². The van der Waals surface area contributed by atoms with E-state index in [1.807, 2.05) is 30.3 Å². The van der Waals surface area contributed by atoms with Gasteiger partial charge in [0.15, 0.2) is 0 Å². The number of hydrazine groups is 1. The quantitative estimate of drug-likeness (QED) is 0.728. The highest BCUT2D eigenvalue weighted by Gasteiger charge is 2.00. The van der Waals surface area contributed by atoms with Crippen molar-refractivity contribution in [2.24, 2.45) is 0 Å². The fraction of sp³-hybridized carbons (Fsp3) is 0. The Morgan fingerprint density at radius 2 is 1.56 bits per heavy atom. The van der Waals surface area contributed by atoms with Gasteiger partial charge in [-0.1, -0.05) is 18.2 Å². The molecule has 0 atom stereocenters. The van der Waals surface area contributed by atoms with Crippen LogP contribution < -0.4 is 16.2 Å². The molecule has 2 aromatic carbocycles. The first-order chi connectivity index (χ1) is 8.74. The van der Waals surface area contributed by atoms with E-state index in [1.165, 1.54) is 24.3 Å². The van der Waals surface area contributed by atoms with Crippen LogP contribution in [-0.4, -0.2) is 6.03 Å². The van der Waals surface area contributed by atoms with Crippen LogP contribution in [0.5, 0.6) is 0 Å². The summed E-state index contributed by atoms with van der Waals surface area (Å²) >= 11 is 0. The standard InChI is InChI=1S/C13H12FN3O/c14-10-6-8-11(9-7-10)15-13(18)17-16-12-4-2-1-3-5-12/h1-9,16H,(H2,15,17,18). The number of carbonyl (C=O) groups is 1.